The molecule has 4 saturated carbocycles. The molecule has 0 bridgehead atoms. The summed E-state index contributed by atoms with van der Waals surface area (Å²) in [5.74, 6) is 1.09. The van der Waals surface area contributed by atoms with Gasteiger partial charge in [-0.2, -0.15) is 0 Å². The maximum absolute atomic E-state index is 13.2. The van der Waals surface area contributed by atoms with Crippen LogP contribution in [0.1, 0.15) is 65.2 Å². The van der Waals surface area contributed by atoms with E-state index in [-0.39, 0.29) is 40.3 Å². The molecular formula is C20H27Cl3O3. The number of rotatable bonds is 0. The molecule has 0 aromatic heterocycles. The molecule has 7 atom stereocenters. The number of carbonyl (C=O) groups excluding carboxylic acids is 2. The zero-order valence-electron chi connectivity index (χ0n) is 15.4. The van der Waals surface area contributed by atoms with Gasteiger partial charge in [0.2, 0.25) is 3.79 Å². The van der Waals surface area contributed by atoms with Crippen molar-refractivity contribution >= 4 is 46.4 Å². The predicted molar refractivity (Wildman–Crippen MR) is 102 cm³/mol. The van der Waals surface area contributed by atoms with Crippen LogP contribution in [0, 0.1) is 34.5 Å². The van der Waals surface area contributed by atoms with E-state index in [2.05, 4.69) is 13.8 Å². The fourth-order valence-electron chi connectivity index (χ4n) is 6.96. The highest BCUT2D eigenvalue weighted by molar-refractivity contribution is 6.68. The molecule has 0 spiro atoms. The number of halogens is 3. The van der Waals surface area contributed by atoms with Gasteiger partial charge in [-0.15, -0.1) is 0 Å². The topological polar surface area (TPSA) is 54.4 Å². The first-order valence-corrected chi connectivity index (χ1v) is 10.9. The Kier molecular flexibility index (Phi) is 4.38. The monoisotopic (exact) mass is 420 g/mol. The van der Waals surface area contributed by atoms with Gasteiger partial charge < -0.3 is 5.11 Å². The molecule has 0 radical (unpaired) electrons. The molecule has 1 N–H and O–H groups in total. The molecule has 26 heavy (non-hydrogen) atoms. The first-order chi connectivity index (χ1) is 11.9. The van der Waals surface area contributed by atoms with Gasteiger partial charge in [0.25, 0.3) is 0 Å². The molecule has 3 nitrogen and oxygen atoms in total. The third-order valence-corrected chi connectivity index (χ3v) is 9.82. The molecule has 0 heterocycles. The van der Waals surface area contributed by atoms with Crippen LogP contribution in [0.2, 0.25) is 0 Å². The highest BCUT2D eigenvalue weighted by Gasteiger charge is 2.65. The lowest BCUT2D eigenvalue weighted by molar-refractivity contribution is -0.167. The van der Waals surface area contributed by atoms with Crippen molar-refractivity contribution in [1.29, 1.82) is 0 Å². The number of alkyl halides is 3. The Balaban J connectivity index is 1.66. The maximum Gasteiger partial charge on any atom is 0.218 e. The Labute approximate surface area is 170 Å². The van der Waals surface area contributed by atoms with Crippen molar-refractivity contribution in [3.63, 3.8) is 0 Å². The van der Waals surface area contributed by atoms with Crippen molar-refractivity contribution in [2.45, 2.75) is 74.6 Å². The largest absolute Gasteiger partial charge is 0.385 e. The summed E-state index contributed by atoms with van der Waals surface area (Å²) in [4.78, 5) is 25.7. The number of ketones is 2. The van der Waals surface area contributed by atoms with E-state index in [1.165, 1.54) is 0 Å². The fourth-order valence-corrected chi connectivity index (χ4v) is 7.47. The van der Waals surface area contributed by atoms with Gasteiger partial charge in [0.05, 0.1) is 0 Å². The Morgan fingerprint density at radius 1 is 1.04 bits per heavy atom. The molecule has 4 rings (SSSR count). The number of aliphatic hydroxyl groups is 1. The van der Waals surface area contributed by atoms with Gasteiger partial charge in [-0.3, -0.25) is 9.59 Å². The highest BCUT2D eigenvalue weighted by atomic mass is 35.6. The van der Waals surface area contributed by atoms with Crippen LogP contribution >= 0.6 is 34.8 Å². The number of hydrogen-bond donors (Lipinski definition) is 1. The molecule has 0 amide bonds. The highest BCUT2D eigenvalue weighted by Crippen LogP contribution is 2.66. The molecule has 4 fully saturated rings. The molecule has 0 aromatic carbocycles. The average Bonchev–Trinajstić information content (AvgIpc) is 2.84. The van der Waals surface area contributed by atoms with Crippen molar-refractivity contribution in [3.05, 3.63) is 0 Å². The zero-order chi connectivity index (χ0) is 19.1. The molecule has 4 aliphatic carbocycles. The van der Waals surface area contributed by atoms with E-state index in [9.17, 15) is 14.7 Å². The van der Waals surface area contributed by atoms with Gasteiger partial charge in [0.15, 0.2) is 0 Å². The van der Waals surface area contributed by atoms with Gasteiger partial charge in [0, 0.05) is 24.2 Å². The van der Waals surface area contributed by atoms with Crippen LogP contribution in [0.25, 0.3) is 0 Å². The van der Waals surface area contributed by atoms with Crippen molar-refractivity contribution in [2.75, 3.05) is 0 Å². The summed E-state index contributed by atoms with van der Waals surface area (Å²) < 4.78 is -1.74. The molecule has 0 aromatic rings. The van der Waals surface area contributed by atoms with Gasteiger partial charge in [0.1, 0.15) is 17.2 Å². The third-order valence-electron chi connectivity index (χ3n) is 8.77. The van der Waals surface area contributed by atoms with Gasteiger partial charge in [-0.05, 0) is 61.7 Å². The predicted octanol–water partition coefficient (Wildman–Crippen LogP) is 4.88. The second kappa shape index (κ2) is 5.84. The first-order valence-electron chi connectivity index (χ1n) is 9.77. The van der Waals surface area contributed by atoms with Crippen LogP contribution in [-0.4, -0.2) is 26.1 Å². The summed E-state index contributed by atoms with van der Waals surface area (Å²) in [5.41, 5.74) is -1.72. The van der Waals surface area contributed by atoms with Crippen LogP contribution in [0.15, 0.2) is 0 Å². The molecule has 6 heteroatoms. The normalized spacial score (nSPS) is 51.6. The summed E-state index contributed by atoms with van der Waals surface area (Å²) in [7, 11) is 0. The summed E-state index contributed by atoms with van der Waals surface area (Å²) >= 11 is 18.2. The maximum atomic E-state index is 13.2. The standard InChI is InChI=1S/C20H27Cl3O3/c1-17-7-8-19(26,20(21,22)23)10-11(17)9-14(24)16-12-3-4-15(25)18(12,2)6-5-13(16)17/h11-13,16,26H,3-10H2,1-2H3/t11-,12-,13-,16-,17-,18-,19-/m0/s1. The van der Waals surface area contributed by atoms with E-state index in [0.29, 0.717) is 31.5 Å². The first kappa shape index (κ1) is 19.5. The summed E-state index contributed by atoms with van der Waals surface area (Å²) in [6.45, 7) is 4.34. The van der Waals surface area contributed by atoms with Gasteiger partial charge in [-0.1, -0.05) is 48.7 Å². The molecule has 4 aliphatic rings. The number of hydrogen-bond acceptors (Lipinski definition) is 3. The van der Waals surface area contributed by atoms with Crippen LogP contribution in [0.5, 0.6) is 0 Å². The Bertz CT molecular complexity index is 659. The number of Topliss-reactive ketones (excluding diaryl/α,β-unsaturated/α-hetero) is 2. The summed E-state index contributed by atoms with van der Waals surface area (Å²) in [6, 6.07) is 0. The van der Waals surface area contributed by atoms with E-state index < -0.39 is 9.39 Å². The van der Waals surface area contributed by atoms with E-state index in [1.807, 2.05) is 0 Å². The Morgan fingerprint density at radius 2 is 1.73 bits per heavy atom. The van der Waals surface area contributed by atoms with Crippen LogP contribution in [0.4, 0.5) is 0 Å². The van der Waals surface area contributed by atoms with Gasteiger partial charge in [-0.25, -0.2) is 0 Å². The lowest BCUT2D eigenvalue weighted by Crippen LogP contribution is -2.60. The van der Waals surface area contributed by atoms with Crippen LogP contribution < -0.4 is 0 Å². The minimum Gasteiger partial charge on any atom is -0.385 e. The van der Waals surface area contributed by atoms with Crippen LogP contribution in [0.3, 0.4) is 0 Å². The molecular weight excluding hydrogens is 395 g/mol. The number of carbonyl (C=O) groups is 2. The number of fused-ring (bicyclic) bond motifs is 5. The lowest BCUT2D eigenvalue weighted by atomic mass is 9.44. The second-order valence-corrected chi connectivity index (χ2v) is 12.0. The second-order valence-electron chi connectivity index (χ2n) is 9.76. The molecule has 0 unspecified atom stereocenters. The summed E-state index contributed by atoms with van der Waals surface area (Å²) in [6.07, 6.45) is 5.24. The Hall–Kier alpha value is 0.170. The van der Waals surface area contributed by atoms with Crippen LogP contribution in [-0.2, 0) is 9.59 Å². The Morgan fingerprint density at radius 3 is 2.38 bits per heavy atom. The van der Waals surface area contributed by atoms with E-state index in [1.54, 1.807) is 0 Å². The average molecular weight is 422 g/mol. The quantitative estimate of drug-likeness (QED) is 0.567. The van der Waals surface area contributed by atoms with E-state index in [0.717, 1.165) is 25.7 Å². The SMILES string of the molecule is C[C@]12CC[C@@](O)(C(Cl)(Cl)Cl)C[C@@H]1CC(=O)[C@@H]1[C@@H]2CC[C@]2(C)C(=O)CC[C@@H]12. The third kappa shape index (κ3) is 2.49. The fraction of sp³-hybridized carbons (Fsp3) is 0.900. The van der Waals surface area contributed by atoms with E-state index >= 15 is 0 Å². The van der Waals surface area contributed by atoms with Crippen molar-refractivity contribution in [2.24, 2.45) is 34.5 Å². The van der Waals surface area contributed by atoms with E-state index in [4.69, 9.17) is 34.8 Å². The lowest BCUT2D eigenvalue weighted by Gasteiger charge is -2.61. The molecule has 146 valence electrons. The van der Waals surface area contributed by atoms with Crippen molar-refractivity contribution < 1.29 is 14.7 Å². The zero-order valence-corrected chi connectivity index (χ0v) is 17.6. The molecule has 0 saturated heterocycles. The van der Waals surface area contributed by atoms with Gasteiger partial charge >= 0.3 is 0 Å². The summed E-state index contributed by atoms with van der Waals surface area (Å²) in [5, 5.41) is 10.9. The smallest absolute Gasteiger partial charge is 0.218 e. The van der Waals surface area contributed by atoms with Crippen molar-refractivity contribution in [1.82, 2.24) is 0 Å². The molecule has 0 aliphatic heterocycles. The minimum absolute atomic E-state index is 0.0135. The minimum atomic E-state index is -1.74. The van der Waals surface area contributed by atoms with Crippen molar-refractivity contribution in [3.8, 4) is 0 Å².